The topological polar surface area (TPSA) is 253 Å². The summed E-state index contributed by atoms with van der Waals surface area (Å²) in [5.41, 5.74) is 5.21. The largest absolute Gasteiger partial charge is 0.497 e. The van der Waals surface area contributed by atoms with E-state index >= 15 is 0 Å². The van der Waals surface area contributed by atoms with Crippen molar-refractivity contribution in [3.05, 3.63) is 190 Å². The van der Waals surface area contributed by atoms with Crippen LogP contribution in [0.3, 0.4) is 0 Å². The molecule has 0 aliphatic carbocycles. The average molecular weight is 1490 g/mol. The highest BCUT2D eigenvalue weighted by Crippen LogP contribution is 2.43. The van der Waals surface area contributed by atoms with Crippen LogP contribution in [0, 0.1) is 23.7 Å². The van der Waals surface area contributed by atoms with E-state index in [1.165, 1.54) is 85.3 Å². The maximum Gasteiger partial charge on any atom is 0.338 e. The number of benzene rings is 8. The molecule has 24 nitrogen and oxygen atoms in total. The lowest BCUT2D eigenvalue weighted by atomic mass is 9.80. The minimum Gasteiger partial charge on any atom is -0.497 e. The van der Waals surface area contributed by atoms with Crippen molar-refractivity contribution >= 4 is 23.9 Å². The zero-order chi connectivity index (χ0) is 78.1. The summed E-state index contributed by atoms with van der Waals surface area (Å²) in [6.07, 6.45) is 4.84. The summed E-state index contributed by atoms with van der Waals surface area (Å²) in [5.74, 6) is 4.74. The average Bonchev–Trinajstić information content (AvgIpc) is 0.828. The Balaban J connectivity index is 0.000000301. The predicted octanol–water partition coefficient (Wildman–Crippen LogP) is 14.5. The molecule has 0 heterocycles. The maximum absolute atomic E-state index is 13.6. The van der Waals surface area contributed by atoms with Crippen molar-refractivity contribution in [2.45, 2.75) is 51.4 Å². The van der Waals surface area contributed by atoms with Gasteiger partial charge in [-0.25, -0.2) is 19.2 Å². The van der Waals surface area contributed by atoms with Gasteiger partial charge < -0.3 is 94.7 Å². The highest BCUT2D eigenvalue weighted by molar-refractivity contribution is 5.93. The number of hydrogen-bond acceptors (Lipinski definition) is 24. The van der Waals surface area contributed by atoms with Crippen LogP contribution < -0.4 is 75.8 Å². The van der Waals surface area contributed by atoms with Crippen molar-refractivity contribution in [1.29, 1.82) is 0 Å². The molecule has 4 atom stereocenters. The molecule has 0 saturated carbocycles. The Hall–Kier alpha value is -11.6. The minimum atomic E-state index is -0.538. The van der Waals surface area contributed by atoms with Crippen molar-refractivity contribution < 1.29 is 114 Å². The van der Waals surface area contributed by atoms with Gasteiger partial charge >= 0.3 is 23.9 Å². The number of carbonyl (C=O) groups is 4. The van der Waals surface area contributed by atoms with Gasteiger partial charge in [-0.1, -0.05) is 48.5 Å². The van der Waals surface area contributed by atoms with Crippen LogP contribution >= 0.6 is 0 Å². The predicted molar refractivity (Wildman–Crippen MR) is 405 cm³/mol. The van der Waals surface area contributed by atoms with E-state index in [1.807, 2.05) is 97.1 Å². The van der Waals surface area contributed by atoms with Crippen molar-refractivity contribution in [3.8, 4) is 92.0 Å². The van der Waals surface area contributed by atoms with Gasteiger partial charge in [0, 0.05) is 11.8 Å². The molecule has 0 aliphatic heterocycles. The van der Waals surface area contributed by atoms with E-state index in [2.05, 4.69) is 0 Å². The number of hydrogen-bond donors (Lipinski definition) is 0. The highest BCUT2D eigenvalue weighted by atomic mass is 16.6. The fourth-order valence-electron chi connectivity index (χ4n) is 12.7. The molecule has 8 aromatic rings. The first-order chi connectivity index (χ1) is 52.4. The number of carbonyl (C=O) groups excluding carboxylic acids is 4. The van der Waals surface area contributed by atoms with E-state index in [0.717, 1.165) is 45.3 Å². The SMILES string of the molecule is COc1cccc(C[C@@H](CCCOC(=O)c2cc(OC)c(OC)c(OC)c2)[C@H](COC(=O)c2cc(OC)c(OC)c(OC)c2)Cc2cccc(OC)c2)c1.COc1cccc(C[C@H](CCCOC(=O)c2cc(OC)c(OC)c(OC)c2)[C@@H](COC(=O)c2cc(OC)c(OC)c(OC)c2)Cc2cccc(OC)c2)c1. The first-order valence-corrected chi connectivity index (χ1v) is 34.8. The van der Waals surface area contributed by atoms with Gasteiger partial charge in [-0.15, -0.1) is 0 Å². The number of rotatable bonds is 42. The minimum absolute atomic E-state index is 0.0177. The van der Waals surface area contributed by atoms with Crippen LogP contribution in [0.25, 0.3) is 0 Å². The summed E-state index contributed by atoms with van der Waals surface area (Å²) in [7, 11) is 24.4. The number of esters is 4. The molecule has 0 radical (unpaired) electrons. The third kappa shape index (κ3) is 23.2. The number of ether oxygens (including phenoxy) is 20. The molecule has 0 saturated heterocycles. The van der Waals surface area contributed by atoms with Crippen molar-refractivity contribution in [2.75, 3.05) is 140 Å². The summed E-state index contributed by atoms with van der Waals surface area (Å²) in [5, 5.41) is 0. The Morgan fingerprint density at radius 2 is 0.463 bits per heavy atom. The summed E-state index contributed by atoms with van der Waals surface area (Å²) >= 11 is 0. The fourth-order valence-corrected chi connectivity index (χ4v) is 12.7. The molecule has 108 heavy (non-hydrogen) atoms. The molecule has 0 amide bonds. The van der Waals surface area contributed by atoms with Gasteiger partial charge in [-0.3, -0.25) is 0 Å². The molecule has 8 rings (SSSR count). The Labute approximate surface area is 632 Å². The highest BCUT2D eigenvalue weighted by Gasteiger charge is 2.30. The third-order valence-corrected chi connectivity index (χ3v) is 18.2. The quantitative estimate of drug-likeness (QED) is 0.0196. The molecule has 0 aromatic heterocycles. The van der Waals surface area contributed by atoms with Crippen LogP contribution in [0.5, 0.6) is 92.0 Å². The molecule has 0 N–H and O–H groups in total. The summed E-state index contributed by atoms with van der Waals surface area (Å²) < 4.78 is 111. The normalized spacial score (nSPS) is 11.8. The molecule has 8 aromatic carbocycles. The lowest BCUT2D eigenvalue weighted by molar-refractivity contribution is 0.0358. The van der Waals surface area contributed by atoms with E-state index < -0.39 is 23.9 Å². The molecule has 0 unspecified atom stereocenters. The van der Waals surface area contributed by atoms with Crippen LogP contribution in [0.1, 0.15) is 89.4 Å². The second kappa shape index (κ2) is 43.2. The molecule has 580 valence electrons. The van der Waals surface area contributed by atoms with Gasteiger partial charge in [0.1, 0.15) is 23.0 Å². The van der Waals surface area contributed by atoms with Gasteiger partial charge in [0.15, 0.2) is 46.0 Å². The molecule has 0 aliphatic rings. The third-order valence-electron chi connectivity index (χ3n) is 18.2. The monoisotopic (exact) mass is 1490 g/mol. The first-order valence-electron chi connectivity index (χ1n) is 34.8. The first kappa shape index (κ1) is 83.7. The molecular formula is C84H100O24. The Morgan fingerprint density at radius 3 is 0.667 bits per heavy atom. The van der Waals surface area contributed by atoms with E-state index in [9.17, 15) is 19.2 Å². The van der Waals surface area contributed by atoms with Crippen molar-refractivity contribution in [2.24, 2.45) is 23.7 Å². The van der Waals surface area contributed by atoms with Crippen LogP contribution in [-0.4, -0.2) is 164 Å². The molecule has 24 heteroatoms. The Bertz CT molecular complexity index is 3840. The van der Waals surface area contributed by atoms with Gasteiger partial charge in [-0.2, -0.15) is 0 Å². The zero-order valence-electron chi connectivity index (χ0n) is 64.4. The zero-order valence-corrected chi connectivity index (χ0v) is 64.4. The second-order valence-electron chi connectivity index (χ2n) is 24.7. The van der Waals surface area contributed by atoms with Gasteiger partial charge in [-0.05, 0) is 183 Å². The Kier molecular flexibility index (Phi) is 33.5. The van der Waals surface area contributed by atoms with Crippen molar-refractivity contribution in [3.63, 3.8) is 0 Å². The summed E-state index contributed by atoms with van der Waals surface area (Å²) in [6.45, 7) is 0.515. The van der Waals surface area contributed by atoms with Crippen molar-refractivity contribution in [1.82, 2.24) is 0 Å². The van der Waals surface area contributed by atoms with E-state index in [1.54, 1.807) is 77.0 Å². The summed E-state index contributed by atoms with van der Waals surface area (Å²) in [4.78, 5) is 53.6. The lowest BCUT2D eigenvalue weighted by Gasteiger charge is -2.28. The number of methoxy groups -OCH3 is 16. The molecule has 0 spiro atoms. The van der Waals surface area contributed by atoms with E-state index in [4.69, 9.17) is 94.7 Å². The summed E-state index contributed by atoms with van der Waals surface area (Å²) in [6, 6.07) is 44.0. The van der Waals surface area contributed by atoms with Crippen LogP contribution in [-0.2, 0) is 44.6 Å². The maximum atomic E-state index is 13.6. The van der Waals surface area contributed by atoms with Gasteiger partial charge in [0.05, 0.1) is 162 Å². The van der Waals surface area contributed by atoms with Gasteiger partial charge in [0.2, 0.25) is 23.0 Å². The second-order valence-corrected chi connectivity index (χ2v) is 24.7. The smallest absolute Gasteiger partial charge is 0.338 e. The molecular weight excluding hydrogens is 1390 g/mol. The fraction of sp³-hybridized carbons (Fsp3) is 0.381. The Morgan fingerprint density at radius 1 is 0.250 bits per heavy atom. The van der Waals surface area contributed by atoms with E-state index in [-0.39, 0.29) is 72.4 Å². The van der Waals surface area contributed by atoms with E-state index in [0.29, 0.717) is 120 Å². The van der Waals surface area contributed by atoms with Gasteiger partial charge in [0.25, 0.3) is 0 Å². The van der Waals surface area contributed by atoms with Crippen LogP contribution in [0.2, 0.25) is 0 Å². The van der Waals surface area contributed by atoms with Crippen LogP contribution in [0.15, 0.2) is 146 Å². The molecule has 0 bridgehead atoms. The lowest BCUT2D eigenvalue weighted by Crippen LogP contribution is -2.27. The van der Waals surface area contributed by atoms with Crippen LogP contribution in [0.4, 0.5) is 0 Å². The standard InChI is InChI=1S/2C42H50O12/c2*1-45-33-15-9-12-27(20-33)18-29(14-11-17-53-41(43)30-22-35(47-3)39(51-7)36(23-30)48-4)32(19-28-13-10-16-34(21-28)46-2)26-54-42(44)31-24-37(49-5)40(52-8)38(25-31)50-6/h2*9-10,12-13,15-16,20-25,29,32H,11,14,17-19,26H2,1-8H3/t2*29-,32+/m10/s1. The molecule has 0 fully saturated rings.